The molecule has 1 aromatic carbocycles. The number of carbonyl (C=O) groups excluding carboxylic acids is 3. The molecule has 0 spiro atoms. The van der Waals surface area contributed by atoms with Gasteiger partial charge in [0.1, 0.15) is 6.04 Å². The van der Waals surface area contributed by atoms with Crippen LogP contribution in [0.4, 0.5) is 0 Å². The van der Waals surface area contributed by atoms with Crippen LogP contribution in [0.3, 0.4) is 0 Å². The van der Waals surface area contributed by atoms with E-state index >= 15 is 0 Å². The van der Waals surface area contributed by atoms with Crippen molar-refractivity contribution in [1.29, 1.82) is 0 Å². The van der Waals surface area contributed by atoms with Gasteiger partial charge in [0.05, 0.1) is 11.1 Å². The van der Waals surface area contributed by atoms with Crippen molar-refractivity contribution in [2.75, 3.05) is 0 Å². The molecule has 1 aliphatic rings. The molecule has 46 heavy (non-hydrogen) atoms. The standard InChI is InChI=1S/C32H45N3O10S/c1-2-3-4-5-6-7-8-9-10-11-12-19-27(32(31(33)40)44-46(41,42)45-32)43-30(39)26(18-15-20-28(36)37)35-29(38)24-21-23-16-13-14-17-25(23)34-22-24/h13-14,16-17,21-22,26-27H,2-12,15,18-20H2,1H3,(H2,33,40)(H,35,38)(H,36,37)/t26-,27-/m0/s1. The molecule has 0 unspecified atom stereocenters. The van der Waals surface area contributed by atoms with Crippen molar-refractivity contribution in [2.24, 2.45) is 5.73 Å². The fourth-order valence-electron chi connectivity index (χ4n) is 5.34. The Balaban J connectivity index is 1.67. The van der Waals surface area contributed by atoms with E-state index in [1.54, 1.807) is 30.3 Å². The lowest BCUT2D eigenvalue weighted by molar-refractivity contribution is -0.242. The first-order valence-electron chi connectivity index (χ1n) is 16.0. The third-order valence-electron chi connectivity index (χ3n) is 7.87. The summed E-state index contributed by atoms with van der Waals surface area (Å²) in [5, 5.41) is 12.4. The predicted molar refractivity (Wildman–Crippen MR) is 168 cm³/mol. The highest BCUT2D eigenvalue weighted by Crippen LogP contribution is 2.38. The van der Waals surface area contributed by atoms with Gasteiger partial charge in [-0.3, -0.25) is 19.4 Å². The molecule has 1 aliphatic heterocycles. The van der Waals surface area contributed by atoms with Crippen LogP contribution >= 0.6 is 0 Å². The zero-order valence-corrected chi connectivity index (χ0v) is 27.1. The van der Waals surface area contributed by atoms with Gasteiger partial charge in [-0.15, -0.1) is 0 Å². The SMILES string of the molecule is CCCCCCCCCCCCC[C@H](OC(=O)[C@H](CCCC(=O)O)NC(=O)c1cnc2ccccc2c1)C1(C(N)=O)OS(=O)(=O)O1. The number of rotatable bonds is 22. The Morgan fingerprint density at radius 1 is 0.935 bits per heavy atom. The first kappa shape index (κ1) is 36.8. The molecule has 254 valence electrons. The highest BCUT2D eigenvalue weighted by atomic mass is 32.3. The van der Waals surface area contributed by atoms with E-state index in [-0.39, 0.29) is 31.2 Å². The topological polar surface area (TPSA) is 201 Å². The number of hydrogen-bond donors (Lipinski definition) is 3. The van der Waals surface area contributed by atoms with E-state index < -0.39 is 52.1 Å². The molecule has 1 saturated heterocycles. The minimum absolute atomic E-state index is 0.00833. The fourth-order valence-corrected chi connectivity index (χ4v) is 6.34. The van der Waals surface area contributed by atoms with E-state index in [4.69, 9.17) is 23.9 Å². The van der Waals surface area contributed by atoms with Crippen LogP contribution in [0.25, 0.3) is 10.9 Å². The number of carbonyl (C=O) groups is 4. The summed E-state index contributed by atoms with van der Waals surface area (Å²) in [6, 6.07) is 7.38. The summed E-state index contributed by atoms with van der Waals surface area (Å²) in [7, 11) is -4.52. The van der Waals surface area contributed by atoms with Crippen molar-refractivity contribution in [3.63, 3.8) is 0 Å². The van der Waals surface area contributed by atoms with Crippen LogP contribution < -0.4 is 11.1 Å². The van der Waals surface area contributed by atoms with Crippen molar-refractivity contribution in [3.05, 3.63) is 42.1 Å². The summed E-state index contributed by atoms with van der Waals surface area (Å²) in [4.78, 5) is 54.4. The molecule has 2 atom stereocenters. The summed E-state index contributed by atoms with van der Waals surface area (Å²) in [5.74, 6) is -6.64. The van der Waals surface area contributed by atoms with E-state index in [9.17, 15) is 27.6 Å². The highest BCUT2D eigenvalue weighted by Gasteiger charge is 2.64. The highest BCUT2D eigenvalue weighted by molar-refractivity contribution is 7.83. The van der Waals surface area contributed by atoms with Gasteiger partial charge in [0, 0.05) is 18.0 Å². The number of nitrogens with one attached hydrogen (secondary N) is 1. The van der Waals surface area contributed by atoms with E-state index in [1.807, 2.05) is 0 Å². The maximum atomic E-state index is 13.5. The Bertz CT molecular complexity index is 1440. The fraction of sp³-hybridized carbons (Fsp3) is 0.594. The second-order valence-corrected chi connectivity index (χ2v) is 12.7. The van der Waals surface area contributed by atoms with Gasteiger partial charge in [0.25, 0.3) is 11.8 Å². The molecular weight excluding hydrogens is 618 g/mol. The van der Waals surface area contributed by atoms with Gasteiger partial charge in [0.15, 0.2) is 6.10 Å². The van der Waals surface area contributed by atoms with E-state index in [1.165, 1.54) is 38.3 Å². The smallest absolute Gasteiger partial charge is 0.406 e. The third-order valence-corrected chi connectivity index (χ3v) is 8.78. The largest absolute Gasteiger partial charge is 0.481 e. The second-order valence-electron chi connectivity index (χ2n) is 11.6. The van der Waals surface area contributed by atoms with Gasteiger partial charge >= 0.3 is 28.1 Å². The van der Waals surface area contributed by atoms with Crippen LogP contribution in [-0.4, -0.2) is 60.2 Å². The van der Waals surface area contributed by atoms with Gasteiger partial charge in [-0.25, -0.2) is 4.79 Å². The van der Waals surface area contributed by atoms with Gasteiger partial charge in [-0.2, -0.15) is 16.8 Å². The number of primary amides is 1. The Hall–Kier alpha value is -3.62. The number of ether oxygens (including phenoxy) is 1. The lowest BCUT2D eigenvalue weighted by Crippen LogP contribution is -2.67. The van der Waals surface area contributed by atoms with E-state index in [0.717, 1.165) is 25.7 Å². The molecule has 2 aromatic rings. The van der Waals surface area contributed by atoms with Crippen molar-refractivity contribution in [2.45, 2.75) is 121 Å². The number of nitrogens with two attached hydrogens (primary N) is 1. The second kappa shape index (κ2) is 17.9. The molecule has 0 saturated carbocycles. The molecule has 0 radical (unpaired) electrons. The molecule has 3 rings (SSSR count). The predicted octanol–water partition coefficient (Wildman–Crippen LogP) is 4.67. The summed E-state index contributed by atoms with van der Waals surface area (Å²) in [5.41, 5.74) is 6.28. The Labute approximate surface area is 269 Å². The number of para-hydroxylation sites is 1. The first-order valence-corrected chi connectivity index (χ1v) is 17.3. The molecule has 4 N–H and O–H groups in total. The minimum atomic E-state index is -4.52. The Kier molecular flexibility index (Phi) is 14.3. The number of carboxylic acid groups (broad SMARTS) is 1. The molecule has 2 amide bonds. The maximum Gasteiger partial charge on any atom is 0.406 e. The molecule has 14 heteroatoms. The maximum absolute atomic E-state index is 13.5. The number of amides is 2. The zero-order valence-electron chi connectivity index (χ0n) is 26.3. The average Bonchev–Trinajstić information content (AvgIpc) is 3.00. The van der Waals surface area contributed by atoms with Crippen LogP contribution in [0.2, 0.25) is 0 Å². The molecule has 0 bridgehead atoms. The van der Waals surface area contributed by atoms with Gasteiger partial charge in [-0.1, -0.05) is 89.3 Å². The van der Waals surface area contributed by atoms with Gasteiger partial charge in [0.2, 0.25) is 0 Å². The first-order chi connectivity index (χ1) is 22.0. The van der Waals surface area contributed by atoms with Crippen molar-refractivity contribution in [1.82, 2.24) is 10.3 Å². The van der Waals surface area contributed by atoms with Crippen molar-refractivity contribution < 1.29 is 45.8 Å². The number of carboxylic acids is 1. The lowest BCUT2D eigenvalue weighted by Gasteiger charge is -2.41. The lowest BCUT2D eigenvalue weighted by atomic mass is 10.00. The molecule has 0 aliphatic carbocycles. The number of aromatic nitrogens is 1. The quantitative estimate of drug-likeness (QED) is 0.117. The Morgan fingerprint density at radius 2 is 1.54 bits per heavy atom. The summed E-state index contributed by atoms with van der Waals surface area (Å²) in [6.45, 7) is 2.18. The van der Waals surface area contributed by atoms with Crippen LogP contribution in [-0.2, 0) is 37.9 Å². The zero-order chi connectivity index (χ0) is 33.6. The third kappa shape index (κ3) is 11.0. The van der Waals surface area contributed by atoms with Gasteiger partial charge in [-0.05, 0) is 37.8 Å². The molecule has 2 heterocycles. The number of unbranched alkanes of at least 4 members (excludes halogenated alkanes) is 10. The number of nitrogens with zero attached hydrogens (tertiary/aromatic N) is 1. The number of hydrogen-bond acceptors (Lipinski definition) is 10. The normalized spacial score (nSPS) is 16.2. The van der Waals surface area contributed by atoms with Crippen LogP contribution in [0, 0.1) is 0 Å². The summed E-state index contributed by atoms with van der Waals surface area (Å²) < 4.78 is 38.8. The summed E-state index contributed by atoms with van der Waals surface area (Å²) in [6.07, 6.45) is 10.8. The average molecular weight is 664 g/mol. The monoisotopic (exact) mass is 663 g/mol. The number of pyridine rings is 1. The molecular formula is C32H45N3O10S. The van der Waals surface area contributed by atoms with E-state index in [2.05, 4.69) is 17.2 Å². The molecule has 1 fully saturated rings. The van der Waals surface area contributed by atoms with Gasteiger partial charge < -0.3 is 20.9 Å². The molecule has 1 aromatic heterocycles. The Morgan fingerprint density at radius 3 is 2.13 bits per heavy atom. The van der Waals surface area contributed by atoms with Crippen LogP contribution in [0.1, 0.15) is 114 Å². The molecule has 13 nitrogen and oxygen atoms in total. The van der Waals surface area contributed by atoms with Crippen LogP contribution in [0.15, 0.2) is 36.5 Å². The van der Waals surface area contributed by atoms with E-state index in [0.29, 0.717) is 23.7 Å². The number of esters is 1. The number of benzene rings is 1. The van der Waals surface area contributed by atoms with Crippen molar-refractivity contribution in [3.8, 4) is 0 Å². The van der Waals surface area contributed by atoms with Crippen LogP contribution in [0.5, 0.6) is 0 Å². The summed E-state index contributed by atoms with van der Waals surface area (Å²) >= 11 is 0. The number of fused-ring (bicyclic) bond motifs is 1. The number of aliphatic carboxylic acids is 1. The minimum Gasteiger partial charge on any atom is -0.481 e. The van der Waals surface area contributed by atoms with Crippen molar-refractivity contribution >= 4 is 45.1 Å².